The highest BCUT2D eigenvalue weighted by molar-refractivity contribution is 7.89. The van der Waals surface area contributed by atoms with E-state index in [0.717, 1.165) is 18.9 Å². The number of nitrogens with two attached hydrogens (primary N) is 1. The van der Waals surface area contributed by atoms with Gasteiger partial charge in [0.25, 0.3) is 15.9 Å². The molecule has 33 heavy (non-hydrogen) atoms. The summed E-state index contributed by atoms with van der Waals surface area (Å²) in [6.07, 6.45) is 1.62. The van der Waals surface area contributed by atoms with E-state index >= 15 is 0 Å². The summed E-state index contributed by atoms with van der Waals surface area (Å²) >= 11 is 0. The molecular weight excluding hydrogens is 446 g/mol. The predicted molar refractivity (Wildman–Crippen MR) is 124 cm³/mol. The van der Waals surface area contributed by atoms with Crippen LogP contribution in [0.2, 0.25) is 0 Å². The molecule has 0 unspecified atom stereocenters. The molecule has 1 fully saturated rings. The number of amides is 1. The number of anilines is 1. The molecule has 176 valence electrons. The van der Waals surface area contributed by atoms with Crippen LogP contribution in [0.1, 0.15) is 35.3 Å². The zero-order valence-electron chi connectivity index (χ0n) is 18.6. The molecule has 11 heteroatoms. The summed E-state index contributed by atoms with van der Waals surface area (Å²) in [5.74, 6) is 0.586. The number of nitrogens with zero attached hydrogens (tertiary/aromatic N) is 3. The Bertz CT molecular complexity index is 1190. The van der Waals surface area contributed by atoms with E-state index in [4.69, 9.17) is 15.2 Å². The molecule has 1 amide bonds. The van der Waals surface area contributed by atoms with Gasteiger partial charge in [-0.15, -0.1) is 4.40 Å². The second kappa shape index (κ2) is 8.99. The molecule has 0 atom stereocenters. The fraction of sp³-hybridized carbons (Fsp3) is 0.409. The summed E-state index contributed by atoms with van der Waals surface area (Å²) in [7, 11) is -3.63. The quantitative estimate of drug-likeness (QED) is 0.635. The van der Waals surface area contributed by atoms with Crippen LogP contribution in [-0.4, -0.2) is 63.6 Å². The van der Waals surface area contributed by atoms with Gasteiger partial charge in [-0.05, 0) is 37.6 Å². The van der Waals surface area contributed by atoms with Gasteiger partial charge in [-0.25, -0.2) is 13.4 Å². The zero-order valence-corrected chi connectivity index (χ0v) is 19.4. The maximum Gasteiger partial charge on any atom is 0.259 e. The third-order valence-corrected chi connectivity index (χ3v) is 6.48. The Morgan fingerprint density at radius 3 is 2.79 bits per heavy atom. The lowest BCUT2D eigenvalue weighted by molar-refractivity contribution is 0.0880. The number of nitrogens with one attached hydrogen (secondary N) is 1. The minimum Gasteiger partial charge on any atom is -0.490 e. The highest BCUT2D eigenvalue weighted by Crippen LogP contribution is 2.28. The highest BCUT2D eigenvalue weighted by atomic mass is 32.2. The van der Waals surface area contributed by atoms with Crippen LogP contribution in [-0.2, 0) is 20.5 Å². The molecule has 0 spiro atoms. The number of carbonyl (C=O) groups excluding carboxylic acids is 1. The molecular formula is C22H27N5O5S. The predicted octanol–water partition coefficient (Wildman–Crippen LogP) is 1.05. The fourth-order valence-electron chi connectivity index (χ4n) is 3.73. The first-order valence-electron chi connectivity index (χ1n) is 10.6. The monoisotopic (exact) mass is 473 g/mol. The largest absolute Gasteiger partial charge is 0.490 e. The van der Waals surface area contributed by atoms with E-state index in [-0.39, 0.29) is 24.1 Å². The second-order valence-corrected chi connectivity index (χ2v) is 10.3. The summed E-state index contributed by atoms with van der Waals surface area (Å²) in [4.78, 5) is 19.4. The number of morpholine rings is 1. The maximum atomic E-state index is 12.9. The van der Waals surface area contributed by atoms with Crippen molar-refractivity contribution >= 4 is 27.6 Å². The maximum absolute atomic E-state index is 12.9. The van der Waals surface area contributed by atoms with Gasteiger partial charge in [-0.3, -0.25) is 4.79 Å². The summed E-state index contributed by atoms with van der Waals surface area (Å²) in [5, 5.41) is 2.99. The molecule has 3 heterocycles. The van der Waals surface area contributed by atoms with Crippen LogP contribution in [0.5, 0.6) is 5.75 Å². The molecule has 0 aliphatic carbocycles. The summed E-state index contributed by atoms with van der Waals surface area (Å²) in [6, 6.07) is 8.53. The lowest BCUT2D eigenvalue weighted by atomic mass is 10.0. The van der Waals surface area contributed by atoms with Crippen molar-refractivity contribution in [3.05, 3.63) is 53.2 Å². The Kier molecular flexibility index (Phi) is 6.26. The van der Waals surface area contributed by atoms with Crippen molar-refractivity contribution in [2.45, 2.75) is 25.1 Å². The first-order chi connectivity index (χ1) is 15.6. The van der Waals surface area contributed by atoms with Gasteiger partial charge in [-0.2, -0.15) is 0 Å². The van der Waals surface area contributed by atoms with E-state index in [0.29, 0.717) is 35.7 Å². The molecule has 2 aliphatic rings. The van der Waals surface area contributed by atoms with Gasteiger partial charge in [0, 0.05) is 24.8 Å². The van der Waals surface area contributed by atoms with Crippen molar-refractivity contribution in [1.29, 1.82) is 0 Å². The van der Waals surface area contributed by atoms with Gasteiger partial charge in [-0.1, -0.05) is 12.1 Å². The van der Waals surface area contributed by atoms with Crippen LogP contribution >= 0.6 is 0 Å². The molecule has 0 radical (unpaired) electrons. The molecule has 1 aromatic heterocycles. The topological polar surface area (TPSA) is 136 Å². The van der Waals surface area contributed by atoms with E-state index in [1.165, 1.54) is 0 Å². The fourth-order valence-corrected chi connectivity index (χ4v) is 4.82. The Morgan fingerprint density at radius 1 is 1.27 bits per heavy atom. The first kappa shape index (κ1) is 23.0. The number of carbonyl (C=O) groups is 1. The average Bonchev–Trinajstić information content (AvgIpc) is 2.77. The first-order valence-corrected chi connectivity index (χ1v) is 12.2. The minimum atomic E-state index is -3.63. The molecule has 3 N–H and O–H groups in total. The minimum absolute atomic E-state index is 0.0962. The van der Waals surface area contributed by atoms with Crippen molar-refractivity contribution in [1.82, 2.24) is 10.3 Å². The van der Waals surface area contributed by atoms with E-state index in [1.807, 2.05) is 13.8 Å². The van der Waals surface area contributed by atoms with Gasteiger partial charge < -0.3 is 25.4 Å². The van der Waals surface area contributed by atoms with E-state index < -0.39 is 15.6 Å². The lowest BCUT2D eigenvalue weighted by Gasteiger charge is -2.29. The standard InChI is InChI=1S/C22H27N5O5S/c1-22(2,14-32-17-5-3-4-16-13-33(29,30)26-20(23)19(16)17)25-21(28)15-6-7-24-18(12-15)27-8-10-31-11-9-27/h3-7,12H,8-11,13-14H2,1-2H3,(H2,23,26)(H,25,28). The molecule has 4 rings (SSSR count). The average molecular weight is 474 g/mol. The summed E-state index contributed by atoms with van der Waals surface area (Å²) < 4.78 is 38.7. The van der Waals surface area contributed by atoms with Gasteiger partial charge in [0.1, 0.15) is 24.0 Å². The smallest absolute Gasteiger partial charge is 0.259 e. The van der Waals surface area contributed by atoms with Crippen LogP contribution in [0.25, 0.3) is 0 Å². The van der Waals surface area contributed by atoms with Crippen LogP contribution in [0.3, 0.4) is 0 Å². The Balaban J connectivity index is 1.44. The van der Waals surface area contributed by atoms with Crippen LogP contribution < -0.4 is 20.7 Å². The van der Waals surface area contributed by atoms with Crippen LogP contribution in [0.4, 0.5) is 5.82 Å². The van der Waals surface area contributed by atoms with E-state index in [9.17, 15) is 13.2 Å². The van der Waals surface area contributed by atoms with Crippen LogP contribution in [0, 0.1) is 0 Å². The molecule has 1 saturated heterocycles. The lowest BCUT2D eigenvalue weighted by Crippen LogP contribution is -2.48. The van der Waals surface area contributed by atoms with Crippen molar-refractivity contribution in [2.24, 2.45) is 10.1 Å². The Morgan fingerprint density at radius 2 is 2.03 bits per heavy atom. The number of benzene rings is 1. The molecule has 10 nitrogen and oxygen atoms in total. The van der Waals surface area contributed by atoms with Crippen LogP contribution in [0.15, 0.2) is 40.9 Å². The van der Waals surface area contributed by atoms with Gasteiger partial charge in [0.05, 0.1) is 30.1 Å². The van der Waals surface area contributed by atoms with E-state index in [1.54, 1.807) is 36.5 Å². The molecule has 2 aliphatic heterocycles. The third kappa shape index (κ3) is 5.42. The normalized spacial score (nSPS) is 17.6. The van der Waals surface area contributed by atoms with Crippen molar-refractivity contribution in [2.75, 3.05) is 37.8 Å². The van der Waals surface area contributed by atoms with Gasteiger partial charge in [0.15, 0.2) is 0 Å². The number of sulfonamides is 1. The Labute approximate surface area is 192 Å². The number of pyridine rings is 1. The second-order valence-electron chi connectivity index (χ2n) is 8.62. The molecule has 1 aromatic carbocycles. The number of ether oxygens (including phenoxy) is 2. The van der Waals surface area contributed by atoms with Crippen molar-refractivity contribution < 1.29 is 22.7 Å². The number of fused-ring (bicyclic) bond motifs is 1. The molecule has 0 saturated carbocycles. The van der Waals surface area contributed by atoms with E-state index in [2.05, 4.69) is 19.6 Å². The summed E-state index contributed by atoms with van der Waals surface area (Å²) in [6.45, 7) is 6.54. The number of rotatable bonds is 6. The molecule has 2 aromatic rings. The number of amidine groups is 1. The highest BCUT2D eigenvalue weighted by Gasteiger charge is 2.27. The number of hydrogen-bond donors (Lipinski definition) is 2. The summed E-state index contributed by atoms with van der Waals surface area (Å²) in [5.41, 5.74) is 6.68. The van der Waals surface area contributed by atoms with Gasteiger partial charge in [0.2, 0.25) is 0 Å². The van der Waals surface area contributed by atoms with Crippen molar-refractivity contribution in [3.63, 3.8) is 0 Å². The number of aromatic nitrogens is 1. The molecule has 0 bridgehead atoms. The third-order valence-electron chi connectivity index (χ3n) is 5.33. The SMILES string of the molecule is CC(C)(COc1cccc2c1C(N)=NS(=O)(=O)C2)NC(=O)c1ccnc(N2CCOCC2)c1. The number of hydrogen-bond acceptors (Lipinski definition) is 8. The zero-order chi connectivity index (χ0) is 23.6. The van der Waals surface area contributed by atoms with Crippen molar-refractivity contribution in [3.8, 4) is 5.75 Å². The Hall–Kier alpha value is -3.18. The van der Waals surface area contributed by atoms with Gasteiger partial charge >= 0.3 is 0 Å².